The summed E-state index contributed by atoms with van der Waals surface area (Å²) in [7, 11) is 0. The van der Waals surface area contributed by atoms with Crippen molar-refractivity contribution in [1.29, 1.82) is 0 Å². The third kappa shape index (κ3) is 5.86. The predicted molar refractivity (Wildman–Crippen MR) is 107 cm³/mol. The van der Waals surface area contributed by atoms with Crippen LogP contribution >= 0.6 is 0 Å². The first-order valence-electron chi connectivity index (χ1n) is 9.17. The molecule has 0 bridgehead atoms. The number of aromatic nitrogens is 2. The van der Waals surface area contributed by atoms with Gasteiger partial charge in [0.2, 0.25) is 0 Å². The SMILES string of the molecule is CC(C)Nc1ccc(F)cc1CN(Cc1ccccn1)Cc1ccccn1. The molecule has 0 aliphatic heterocycles. The minimum Gasteiger partial charge on any atom is -0.383 e. The van der Waals surface area contributed by atoms with Crippen molar-refractivity contribution in [3.8, 4) is 0 Å². The summed E-state index contributed by atoms with van der Waals surface area (Å²) in [6, 6.07) is 17.0. The molecule has 4 nitrogen and oxygen atoms in total. The zero-order chi connectivity index (χ0) is 19.1. The van der Waals surface area contributed by atoms with Crippen LogP contribution in [0.2, 0.25) is 0 Å². The molecule has 0 radical (unpaired) electrons. The van der Waals surface area contributed by atoms with E-state index in [1.54, 1.807) is 18.5 Å². The summed E-state index contributed by atoms with van der Waals surface area (Å²) in [5.74, 6) is -0.227. The summed E-state index contributed by atoms with van der Waals surface area (Å²) < 4.78 is 13.9. The van der Waals surface area contributed by atoms with Gasteiger partial charge in [0.15, 0.2) is 0 Å². The Bertz CT molecular complexity index is 796. The van der Waals surface area contributed by atoms with Crippen LogP contribution in [0.15, 0.2) is 67.0 Å². The summed E-state index contributed by atoms with van der Waals surface area (Å²) in [6.07, 6.45) is 3.59. The number of hydrogen-bond acceptors (Lipinski definition) is 4. The minimum atomic E-state index is -0.227. The lowest BCUT2D eigenvalue weighted by atomic mass is 10.1. The fraction of sp³-hybridized carbons (Fsp3) is 0.273. The van der Waals surface area contributed by atoms with Crippen LogP contribution < -0.4 is 5.32 Å². The second-order valence-electron chi connectivity index (χ2n) is 6.89. The molecule has 2 aromatic heterocycles. The highest BCUT2D eigenvalue weighted by Crippen LogP contribution is 2.22. The highest BCUT2D eigenvalue weighted by molar-refractivity contribution is 5.51. The number of benzene rings is 1. The van der Waals surface area contributed by atoms with Crippen molar-refractivity contribution in [2.45, 2.75) is 39.5 Å². The van der Waals surface area contributed by atoms with E-state index in [-0.39, 0.29) is 11.9 Å². The molecule has 0 atom stereocenters. The average molecular weight is 364 g/mol. The van der Waals surface area contributed by atoms with Gasteiger partial charge in [0.25, 0.3) is 0 Å². The molecule has 0 aliphatic carbocycles. The molecule has 0 unspecified atom stereocenters. The highest BCUT2D eigenvalue weighted by atomic mass is 19.1. The quantitative estimate of drug-likeness (QED) is 0.632. The molecular formula is C22H25FN4. The first-order chi connectivity index (χ1) is 13.1. The van der Waals surface area contributed by atoms with E-state index < -0.39 is 0 Å². The second-order valence-corrected chi connectivity index (χ2v) is 6.89. The lowest BCUT2D eigenvalue weighted by Gasteiger charge is -2.24. The van der Waals surface area contributed by atoms with Gasteiger partial charge >= 0.3 is 0 Å². The molecule has 1 N–H and O–H groups in total. The molecule has 0 spiro atoms. The molecule has 140 valence electrons. The van der Waals surface area contributed by atoms with E-state index in [4.69, 9.17) is 0 Å². The first-order valence-corrected chi connectivity index (χ1v) is 9.17. The number of nitrogens with zero attached hydrogens (tertiary/aromatic N) is 3. The molecule has 1 aromatic carbocycles. The standard InChI is InChI=1S/C22H25FN4/c1-17(2)26-22-10-9-19(23)13-18(22)14-27(15-20-7-3-5-11-24-20)16-21-8-4-6-12-25-21/h3-13,17,26H,14-16H2,1-2H3. The van der Waals surface area contributed by atoms with Gasteiger partial charge in [-0.25, -0.2) is 4.39 Å². The molecule has 5 heteroatoms. The molecule has 0 saturated carbocycles. The maximum absolute atomic E-state index is 13.9. The number of halogens is 1. The van der Waals surface area contributed by atoms with E-state index in [9.17, 15) is 4.39 Å². The maximum Gasteiger partial charge on any atom is 0.123 e. The van der Waals surface area contributed by atoms with Crippen LogP contribution in [0.25, 0.3) is 0 Å². The largest absolute Gasteiger partial charge is 0.383 e. The molecule has 2 heterocycles. The van der Waals surface area contributed by atoms with E-state index in [0.717, 1.165) is 22.6 Å². The van der Waals surface area contributed by atoms with Gasteiger partial charge in [0.1, 0.15) is 5.82 Å². The van der Waals surface area contributed by atoms with Gasteiger partial charge in [-0.1, -0.05) is 12.1 Å². The lowest BCUT2D eigenvalue weighted by molar-refractivity contribution is 0.242. The van der Waals surface area contributed by atoms with Gasteiger partial charge < -0.3 is 5.32 Å². The number of nitrogens with one attached hydrogen (secondary N) is 1. The van der Waals surface area contributed by atoms with Crippen LogP contribution in [0.3, 0.4) is 0 Å². The monoisotopic (exact) mass is 364 g/mol. The lowest BCUT2D eigenvalue weighted by Crippen LogP contribution is -2.24. The van der Waals surface area contributed by atoms with E-state index in [2.05, 4.69) is 34.0 Å². The van der Waals surface area contributed by atoms with E-state index >= 15 is 0 Å². The van der Waals surface area contributed by atoms with Crippen molar-refractivity contribution in [2.75, 3.05) is 5.32 Å². The van der Waals surface area contributed by atoms with Crippen LogP contribution in [0.4, 0.5) is 10.1 Å². The Morgan fingerprint density at radius 3 is 2.04 bits per heavy atom. The van der Waals surface area contributed by atoms with Crippen LogP contribution in [-0.2, 0) is 19.6 Å². The summed E-state index contributed by atoms with van der Waals surface area (Å²) >= 11 is 0. The Balaban J connectivity index is 1.85. The van der Waals surface area contributed by atoms with E-state index in [0.29, 0.717) is 19.6 Å². The zero-order valence-corrected chi connectivity index (χ0v) is 15.8. The van der Waals surface area contributed by atoms with E-state index in [1.165, 1.54) is 6.07 Å². The van der Waals surface area contributed by atoms with E-state index in [1.807, 2.05) is 42.5 Å². The fourth-order valence-electron chi connectivity index (χ4n) is 3.00. The Labute approximate surface area is 160 Å². The molecular weight excluding hydrogens is 339 g/mol. The average Bonchev–Trinajstić information content (AvgIpc) is 2.65. The fourth-order valence-corrected chi connectivity index (χ4v) is 3.00. The number of hydrogen-bond donors (Lipinski definition) is 1. The van der Waals surface area contributed by atoms with Crippen molar-refractivity contribution in [1.82, 2.24) is 14.9 Å². The Hall–Kier alpha value is -2.79. The summed E-state index contributed by atoms with van der Waals surface area (Å²) in [5.41, 5.74) is 3.83. The zero-order valence-electron chi connectivity index (χ0n) is 15.8. The smallest absolute Gasteiger partial charge is 0.123 e. The van der Waals surface area contributed by atoms with Gasteiger partial charge in [0, 0.05) is 43.8 Å². The molecule has 3 aromatic rings. The summed E-state index contributed by atoms with van der Waals surface area (Å²) in [4.78, 5) is 11.1. The third-order valence-corrected chi connectivity index (χ3v) is 4.13. The van der Waals surface area contributed by atoms with Gasteiger partial charge in [0.05, 0.1) is 11.4 Å². The van der Waals surface area contributed by atoms with Gasteiger partial charge in [-0.3, -0.25) is 14.9 Å². The molecule has 27 heavy (non-hydrogen) atoms. The van der Waals surface area contributed by atoms with Crippen LogP contribution in [0, 0.1) is 5.82 Å². The first kappa shape index (κ1) is 19.0. The number of rotatable bonds is 8. The number of pyridine rings is 2. The topological polar surface area (TPSA) is 41.0 Å². The van der Waals surface area contributed by atoms with Crippen molar-refractivity contribution >= 4 is 5.69 Å². The summed E-state index contributed by atoms with van der Waals surface area (Å²) in [5, 5.41) is 3.41. The third-order valence-electron chi connectivity index (χ3n) is 4.13. The van der Waals surface area contributed by atoms with Crippen molar-refractivity contribution in [3.05, 3.63) is 89.8 Å². The maximum atomic E-state index is 13.9. The highest BCUT2D eigenvalue weighted by Gasteiger charge is 2.13. The van der Waals surface area contributed by atoms with Crippen molar-refractivity contribution < 1.29 is 4.39 Å². The molecule has 0 aliphatic rings. The van der Waals surface area contributed by atoms with Gasteiger partial charge in [-0.15, -0.1) is 0 Å². The van der Waals surface area contributed by atoms with Crippen molar-refractivity contribution in [2.24, 2.45) is 0 Å². The predicted octanol–water partition coefficient (Wildman–Crippen LogP) is 4.64. The molecule has 0 amide bonds. The Kier molecular flexibility index (Phi) is 6.49. The van der Waals surface area contributed by atoms with Crippen molar-refractivity contribution in [3.63, 3.8) is 0 Å². The molecule has 0 saturated heterocycles. The number of anilines is 1. The van der Waals surface area contributed by atoms with Gasteiger partial charge in [-0.2, -0.15) is 0 Å². The van der Waals surface area contributed by atoms with Gasteiger partial charge in [-0.05, 0) is 61.9 Å². The molecule has 3 rings (SSSR count). The Morgan fingerprint density at radius 2 is 1.52 bits per heavy atom. The molecule has 0 fully saturated rings. The Morgan fingerprint density at radius 1 is 0.889 bits per heavy atom. The normalized spacial score (nSPS) is 11.1. The van der Waals surface area contributed by atoms with Crippen LogP contribution in [-0.4, -0.2) is 20.9 Å². The second kappa shape index (κ2) is 9.24. The van der Waals surface area contributed by atoms with Crippen LogP contribution in [0.1, 0.15) is 30.8 Å². The van der Waals surface area contributed by atoms with Crippen LogP contribution in [0.5, 0.6) is 0 Å². The minimum absolute atomic E-state index is 0.227. The summed E-state index contributed by atoms with van der Waals surface area (Å²) in [6.45, 7) is 6.07.